The highest BCUT2D eigenvalue weighted by Gasteiger charge is 2.29. The van der Waals surface area contributed by atoms with Crippen molar-refractivity contribution in [3.63, 3.8) is 0 Å². The second-order valence-corrected chi connectivity index (χ2v) is 3.95. The molecule has 3 N–H and O–H groups in total. The quantitative estimate of drug-likeness (QED) is 0.792. The van der Waals surface area contributed by atoms with Gasteiger partial charge in [0.2, 0.25) is 0 Å². The predicted molar refractivity (Wildman–Crippen MR) is 59.5 cm³/mol. The van der Waals surface area contributed by atoms with Crippen molar-refractivity contribution in [1.82, 2.24) is 4.90 Å². The number of hydrogen-bond acceptors (Lipinski definition) is 2. The molecule has 0 unspecified atom stereocenters. The highest BCUT2D eigenvalue weighted by molar-refractivity contribution is 5.89. The van der Waals surface area contributed by atoms with E-state index >= 15 is 0 Å². The average molecular weight is 223 g/mol. The summed E-state index contributed by atoms with van der Waals surface area (Å²) >= 11 is 0. The van der Waals surface area contributed by atoms with Gasteiger partial charge in [-0.25, -0.2) is 9.18 Å². The Morgan fingerprint density at radius 2 is 2.31 bits per heavy atom. The molecule has 2 rings (SSSR count). The molecular weight excluding hydrogens is 209 g/mol. The van der Waals surface area contributed by atoms with Gasteiger partial charge in [0, 0.05) is 24.7 Å². The molecule has 0 bridgehead atoms. The Kier molecular flexibility index (Phi) is 3.05. The molecule has 0 spiro atoms. The Bertz CT molecular complexity index is 391. The summed E-state index contributed by atoms with van der Waals surface area (Å²) in [5, 5.41) is 2.64. The standard InChI is InChI=1S/C11H14FN3O/c12-9-2-1-3-10(4-9)14-11(16)15-6-8(5-13)7-15/h1-4,8H,5-7,13H2,(H,14,16). The van der Waals surface area contributed by atoms with Crippen LogP contribution < -0.4 is 11.1 Å². The van der Waals surface area contributed by atoms with Gasteiger partial charge < -0.3 is 16.0 Å². The first-order chi connectivity index (χ1) is 7.69. The van der Waals surface area contributed by atoms with E-state index in [1.165, 1.54) is 12.1 Å². The van der Waals surface area contributed by atoms with Crippen LogP contribution in [0.5, 0.6) is 0 Å². The molecule has 86 valence electrons. The minimum absolute atomic E-state index is 0.199. The molecule has 0 aliphatic carbocycles. The number of halogens is 1. The summed E-state index contributed by atoms with van der Waals surface area (Å²) in [5.74, 6) is 0.0412. The Labute approximate surface area is 93.2 Å². The van der Waals surface area contributed by atoms with Crippen LogP contribution in [0.3, 0.4) is 0 Å². The number of amides is 2. The van der Waals surface area contributed by atoms with Crippen molar-refractivity contribution in [2.24, 2.45) is 11.7 Å². The van der Waals surface area contributed by atoms with E-state index in [9.17, 15) is 9.18 Å². The van der Waals surface area contributed by atoms with E-state index in [-0.39, 0.29) is 11.8 Å². The molecule has 4 nitrogen and oxygen atoms in total. The maximum atomic E-state index is 12.8. The van der Waals surface area contributed by atoms with Crippen LogP contribution in [0.15, 0.2) is 24.3 Å². The van der Waals surface area contributed by atoms with Crippen LogP contribution >= 0.6 is 0 Å². The molecule has 2 amide bonds. The van der Waals surface area contributed by atoms with E-state index in [2.05, 4.69) is 5.32 Å². The Morgan fingerprint density at radius 3 is 2.94 bits per heavy atom. The van der Waals surface area contributed by atoms with E-state index < -0.39 is 0 Å². The number of rotatable bonds is 2. The van der Waals surface area contributed by atoms with Gasteiger partial charge in [-0.05, 0) is 24.7 Å². The van der Waals surface area contributed by atoms with Crippen LogP contribution in [0.1, 0.15) is 0 Å². The number of anilines is 1. The molecular formula is C11H14FN3O. The minimum atomic E-state index is -0.360. The smallest absolute Gasteiger partial charge is 0.321 e. The third-order valence-electron chi connectivity index (χ3n) is 2.65. The van der Waals surface area contributed by atoms with Crippen molar-refractivity contribution in [3.8, 4) is 0 Å². The third-order valence-corrected chi connectivity index (χ3v) is 2.65. The fourth-order valence-corrected chi connectivity index (χ4v) is 1.65. The molecule has 0 radical (unpaired) electrons. The van der Waals surface area contributed by atoms with E-state index in [0.717, 1.165) is 0 Å². The fourth-order valence-electron chi connectivity index (χ4n) is 1.65. The number of carbonyl (C=O) groups excluding carboxylic acids is 1. The Balaban J connectivity index is 1.89. The maximum absolute atomic E-state index is 12.8. The number of hydrogen-bond donors (Lipinski definition) is 2. The number of nitrogens with two attached hydrogens (primary N) is 1. The number of carbonyl (C=O) groups is 1. The van der Waals surface area contributed by atoms with Gasteiger partial charge in [0.15, 0.2) is 0 Å². The van der Waals surface area contributed by atoms with Crippen molar-refractivity contribution >= 4 is 11.7 Å². The van der Waals surface area contributed by atoms with Gasteiger partial charge in [0.25, 0.3) is 0 Å². The van der Waals surface area contributed by atoms with E-state index in [0.29, 0.717) is 31.2 Å². The monoisotopic (exact) mass is 223 g/mol. The van der Waals surface area contributed by atoms with E-state index in [1.54, 1.807) is 17.0 Å². The van der Waals surface area contributed by atoms with Gasteiger partial charge in [0.1, 0.15) is 5.82 Å². The van der Waals surface area contributed by atoms with Crippen LogP contribution in [-0.4, -0.2) is 30.6 Å². The zero-order valence-corrected chi connectivity index (χ0v) is 8.82. The second kappa shape index (κ2) is 4.49. The number of urea groups is 1. The molecule has 0 saturated carbocycles. The number of nitrogens with zero attached hydrogens (tertiary/aromatic N) is 1. The molecule has 1 heterocycles. The molecule has 0 aromatic heterocycles. The summed E-state index contributed by atoms with van der Waals surface area (Å²) < 4.78 is 12.8. The number of likely N-dealkylation sites (tertiary alicyclic amines) is 1. The second-order valence-electron chi connectivity index (χ2n) is 3.95. The molecule has 16 heavy (non-hydrogen) atoms. The first-order valence-corrected chi connectivity index (χ1v) is 5.20. The largest absolute Gasteiger partial charge is 0.330 e. The summed E-state index contributed by atoms with van der Waals surface area (Å²) in [4.78, 5) is 13.3. The lowest BCUT2D eigenvalue weighted by Gasteiger charge is -2.38. The van der Waals surface area contributed by atoms with E-state index in [1.807, 2.05) is 0 Å². The predicted octanol–water partition coefficient (Wildman–Crippen LogP) is 1.25. The van der Waals surface area contributed by atoms with Crippen molar-refractivity contribution in [1.29, 1.82) is 0 Å². The molecule has 1 aromatic rings. The molecule has 1 aliphatic heterocycles. The van der Waals surface area contributed by atoms with Crippen LogP contribution in [0, 0.1) is 11.7 Å². The summed E-state index contributed by atoms with van der Waals surface area (Å²) in [6, 6.07) is 5.64. The Hall–Kier alpha value is -1.62. The summed E-state index contributed by atoms with van der Waals surface area (Å²) in [6.07, 6.45) is 0. The summed E-state index contributed by atoms with van der Waals surface area (Å²) in [7, 11) is 0. The normalized spacial score (nSPS) is 15.8. The number of nitrogens with one attached hydrogen (secondary N) is 1. The average Bonchev–Trinajstić information content (AvgIpc) is 2.15. The van der Waals surface area contributed by atoms with Gasteiger partial charge in [-0.2, -0.15) is 0 Å². The lowest BCUT2D eigenvalue weighted by molar-refractivity contribution is 0.135. The summed E-state index contributed by atoms with van der Waals surface area (Å²) in [5.41, 5.74) is 5.93. The molecule has 1 aromatic carbocycles. The van der Waals surface area contributed by atoms with Crippen molar-refractivity contribution in [2.45, 2.75) is 0 Å². The molecule has 0 atom stereocenters. The summed E-state index contributed by atoms with van der Waals surface area (Å²) in [6.45, 7) is 1.96. The van der Waals surface area contributed by atoms with Crippen LogP contribution in [0.4, 0.5) is 14.9 Å². The zero-order chi connectivity index (χ0) is 11.5. The van der Waals surface area contributed by atoms with Crippen LogP contribution in [0.25, 0.3) is 0 Å². The maximum Gasteiger partial charge on any atom is 0.321 e. The topological polar surface area (TPSA) is 58.4 Å². The van der Waals surface area contributed by atoms with E-state index in [4.69, 9.17) is 5.73 Å². The molecule has 1 aliphatic rings. The molecule has 1 fully saturated rings. The molecule has 1 saturated heterocycles. The zero-order valence-electron chi connectivity index (χ0n) is 8.82. The van der Waals surface area contributed by atoms with Gasteiger partial charge in [0.05, 0.1) is 0 Å². The van der Waals surface area contributed by atoms with Gasteiger partial charge in [-0.3, -0.25) is 0 Å². The SMILES string of the molecule is NCC1CN(C(=O)Nc2cccc(F)c2)C1. The first kappa shape index (κ1) is 10.9. The Morgan fingerprint density at radius 1 is 1.56 bits per heavy atom. The van der Waals surface area contributed by atoms with Crippen molar-refractivity contribution in [2.75, 3.05) is 25.0 Å². The van der Waals surface area contributed by atoms with Gasteiger partial charge >= 0.3 is 6.03 Å². The van der Waals surface area contributed by atoms with Crippen LogP contribution in [0.2, 0.25) is 0 Å². The highest BCUT2D eigenvalue weighted by Crippen LogP contribution is 2.16. The fraction of sp³-hybridized carbons (Fsp3) is 0.364. The van der Waals surface area contributed by atoms with Crippen molar-refractivity contribution in [3.05, 3.63) is 30.1 Å². The first-order valence-electron chi connectivity index (χ1n) is 5.20. The number of benzene rings is 1. The van der Waals surface area contributed by atoms with Crippen molar-refractivity contribution < 1.29 is 9.18 Å². The minimum Gasteiger partial charge on any atom is -0.330 e. The lowest BCUT2D eigenvalue weighted by Crippen LogP contribution is -2.53. The third kappa shape index (κ3) is 2.30. The van der Waals surface area contributed by atoms with Crippen LogP contribution in [-0.2, 0) is 0 Å². The lowest BCUT2D eigenvalue weighted by atomic mass is 10.0. The van der Waals surface area contributed by atoms with Gasteiger partial charge in [-0.15, -0.1) is 0 Å². The highest BCUT2D eigenvalue weighted by atomic mass is 19.1. The molecule has 5 heteroatoms. The van der Waals surface area contributed by atoms with Gasteiger partial charge in [-0.1, -0.05) is 6.07 Å².